The van der Waals surface area contributed by atoms with Crippen LogP contribution in [0.25, 0.3) is 16.9 Å². The van der Waals surface area contributed by atoms with Crippen molar-refractivity contribution >= 4 is 22.8 Å². The zero-order valence-electron chi connectivity index (χ0n) is 23.9. The maximum Gasteiger partial charge on any atom is 0.335 e. The van der Waals surface area contributed by atoms with Crippen molar-refractivity contribution in [3.63, 3.8) is 0 Å². The number of hydrogen-bond donors (Lipinski definition) is 1. The number of carbonyl (C=O) groups is 1. The lowest BCUT2D eigenvalue weighted by Gasteiger charge is -2.34. The summed E-state index contributed by atoms with van der Waals surface area (Å²) in [7, 11) is 0. The average molecular weight is 597 g/mol. The first-order chi connectivity index (χ1) is 21.4. The molecule has 3 aliphatic heterocycles. The van der Waals surface area contributed by atoms with E-state index in [-0.39, 0.29) is 28.7 Å². The van der Waals surface area contributed by atoms with Crippen LogP contribution in [-0.4, -0.2) is 51.3 Å². The Hall–Kier alpha value is -4.59. The molecule has 44 heavy (non-hydrogen) atoms. The quantitative estimate of drug-likeness (QED) is 0.265. The zero-order valence-corrected chi connectivity index (χ0v) is 23.9. The number of nitrogens with zero attached hydrogens (tertiary/aromatic N) is 4. The number of para-hydroxylation sites is 1. The highest BCUT2D eigenvalue weighted by Gasteiger charge is 2.31. The fourth-order valence-electron chi connectivity index (χ4n) is 6.42. The first-order valence-corrected chi connectivity index (χ1v) is 14.8. The Morgan fingerprint density at radius 2 is 1.89 bits per heavy atom. The highest BCUT2D eigenvalue weighted by molar-refractivity contribution is 5.92. The number of carboxylic acids is 1. The molecule has 3 aromatic carbocycles. The van der Waals surface area contributed by atoms with E-state index in [0.717, 1.165) is 67.4 Å². The van der Waals surface area contributed by atoms with Gasteiger partial charge in [0, 0.05) is 12.2 Å². The summed E-state index contributed by atoms with van der Waals surface area (Å²) in [6.45, 7) is 3.53. The van der Waals surface area contributed by atoms with Crippen LogP contribution in [0.4, 0.5) is 8.78 Å². The molecule has 2 atom stereocenters. The molecular formula is C34H30F2N4O4. The minimum absolute atomic E-state index is 0.0886. The van der Waals surface area contributed by atoms with E-state index in [0.29, 0.717) is 24.4 Å². The van der Waals surface area contributed by atoms with Crippen molar-refractivity contribution < 1.29 is 28.2 Å². The number of nitriles is 1. The molecule has 8 nitrogen and oxygen atoms in total. The summed E-state index contributed by atoms with van der Waals surface area (Å²) in [6.07, 6.45) is 3.02. The second kappa shape index (κ2) is 11.5. The minimum atomic E-state index is -0.973. The van der Waals surface area contributed by atoms with Crippen LogP contribution in [0.2, 0.25) is 0 Å². The number of aromatic carboxylic acids is 1. The minimum Gasteiger partial charge on any atom is -0.480 e. The van der Waals surface area contributed by atoms with Crippen molar-refractivity contribution in [1.82, 2.24) is 14.5 Å². The summed E-state index contributed by atoms with van der Waals surface area (Å²) in [4.78, 5) is 18.8. The van der Waals surface area contributed by atoms with E-state index in [1.54, 1.807) is 24.3 Å². The zero-order chi connectivity index (χ0) is 30.4. The number of fused-ring (bicyclic) bond motifs is 2. The molecule has 2 unspecified atom stereocenters. The second-order valence-electron chi connectivity index (χ2n) is 11.6. The molecule has 2 fully saturated rings. The molecule has 0 spiro atoms. The second-order valence-corrected chi connectivity index (χ2v) is 11.6. The molecule has 4 aromatic rings. The average Bonchev–Trinajstić information content (AvgIpc) is 3.34. The number of hydrogen-bond acceptors (Lipinski definition) is 6. The smallest absolute Gasteiger partial charge is 0.335 e. The Labute approximate surface area is 252 Å². The molecule has 1 aromatic heterocycles. The van der Waals surface area contributed by atoms with Crippen molar-refractivity contribution in [2.75, 3.05) is 19.7 Å². The highest BCUT2D eigenvalue weighted by Crippen LogP contribution is 2.45. The fraction of sp³-hybridized carbons (Fsp3) is 0.324. The summed E-state index contributed by atoms with van der Waals surface area (Å²) >= 11 is 0. The van der Waals surface area contributed by atoms with Gasteiger partial charge in [-0.05, 0) is 86.3 Å². The Kier molecular flexibility index (Phi) is 7.36. The molecule has 2 saturated heterocycles. The first-order valence-electron chi connectivity index (χ1n) is 14.8. The predicted octanol–water partition coefficient (Wildman–Crippen LogP) is 6.36. The number of benzene rings is 3. The van der Waals surface area contributed by atoms with Crippen LogP contribution in [0.15, 0.2) is 60.7 Å². The normalized spacial score (nSPS) is 20.3. The lowest BCUT2D eigenvalue weighted by atomic mass is 9.86. The number of carboxylic acid groups (broad SMARTS) is 1. The molecule has 7 rings (SSSR count). The van der Waals surface area contributed by atoms with Gasteiger partial charge in [0.25, 0.3) is 0 Å². The van der Waals surface area contributed by atoms with Crippen LogP contribution in [-0.2, 0) is 17.8 Å². The van der Waals surface area contributed by atoms with Gasteiger partial charge in [-0.3, -0.25) is 4.90 Å². The van der Waals surface area contributed by atoms with Gasteiger partial charge in [0.1, 0.15) is 29.3 Å². The molecule has 0 amide bonds. The third-order valence-electron chi connectivity index (χ3n) is 8.93. The van der Waals surface area contributed by atoms with Crippen molar-refractivity contribution in [2.24, 2.45) is 0 Å². The van der Waals surface area contributed by atoms with Gasteiger partial charge in [-0.2, -0.15) is 5.26 Å². The maximum atomic E-state index is 15.3. The molecular weight excluding hydrogens is 566 g/mol. The number of imidazole rings is 1. The van der Waals surface area contributed by atoms with Crippen LogP contribution >= 0.6 is 0 Å². The molecule has 0 aliphatic carbocycles. The van der Waals surface area contributed by atoms with Crippen molar-refractivity contribution in [2.45, 2.75) is 50.5 Å². The lowest BCUT2D eigenvalue weighted by Crippen LogP contribution is -2.35. The van der Waals surface area contributed by atoms with E-state index in [1.165, 1.54) is 18.2 Å². The van der Waals surface area contributed by atoms with E-state index in [1.807, 2.05) is 18.2 Å². The first kappa shape index (κ1) is 28.2. The molecule has 0 bridgehead atoms. The highest BCUT2D eigenvalue weighted by atomic mass is 19.1. The van der Waals surface area contributed by atoms with Gasteiger partial charge in [-0.15, -0.1) is 0 Å². The predicted molar refractivity (Wildman–Crippen MR) is 158 cm³/mol. The van der Waals surface area contributed by atoms with Gasteiger partial charge in [0.15, 0.2) is 0 Å². The van der Waals surface area contributed by atoms with Gasteiger partial charge in [0.05, 0.1) is 53.0 Å². The fourth-order valence-corrected chi connectivity index (χ4v) is 6.42. The van der Waals surface area contributed by atoms with E-state index in [2.05, 4.69) is 9.47 Å². The van der Waals surface area contributed by atoms with Gasteiger partial charge < -0.3 is 19.1 Å². The summed E-state index contributed by atoms with van der Waals surface area (Å²) < 4.78 is 44.2. The number of aromatic nitrogens is 2. The van der Waals surface area contributed by atoms with Gasteiger partial charge >= 0.3 is 5.97 Å². The van der Waals surface area contributed by atoms with E-state index in [4.69, 9.17) is 19.7 Å². The summed E-state index contributed by atoms with van der Waals surface area (Å²) in [5.41, 5.74) is 3.42. The Balaban J connectivity index is 1.09. The van der Waals surface area contributed by atoms with Gasteiger partial charge in [-0.1, -0.05) is 18.2 Å². The molecule has 0 radical (unpaired) electrons. The molecule has 1 N–H and O–H groups in total. The van der Waals surface area contributed by atoms with Crippen LogP contribution in [0.5, 0.6) is 5.75 Å². The number of halogens is 2. The monoisotopic (exact) mass is 596 g/mol. The number of likely N-dealkylation sites (tertiary alicyclic amines) is 1. The van der Waals surface area contributed by atoms with E-state index in [9.17, 15) is 14.3 Å². The van der Waals surface area contributed by atoms with Gasteiger partial charge in [-0.25, -0.2) is 18.6 Å². The summed E-state index contributed by atoms with van der Waals surface area (Å²) in [5.74, 6) is -0.605. The van der Waals surface area contributed by atoms with E-state index >= 15 is 4.39 Å². The lowest BCUT2D eigenvalue weighted by molar-refractivity contribution is -0.0592. The van der Waals surface area contributed by atoms with E-state index < -0.39 is 23.7 Å². The topological polar surface area (TPSA) is 101 Å². The summed E-state index contributed by atoms with van der Waals surface area (Å²) in [5, 5.41) is 18.6. The van der Waals surface area contributed by atoms with Crippen molar-refractivity contribution in [3.8, 4) is 11.8 Å². The maximum absolute atomic E-state index is 15.3. The van der Waals surface area contributed by atoms with Gasteiger partial charge in [0.2, 0.25) is 0 Å². The van der Waals surface area contributed by atoms with Crippen LogP contribution in [0.3, 0.4) is 0 Å². The molecule has 224 valence electrons. The van der Waals surface area contributed by atoms with Crippen LogP contribution in [0.1, 0.15) is 69.7 Å². The largest absolute Gasteiger partial charge is 0.480 e. The third-order valence-corrected chi connectivity index (χ3v) is 8.93. The van der Waals surface area contributed by atoms with Crippen molar-refractivity contribution in [3.05, 3.63) is 100 Å². The number of piperidine rings is 1. The SMILES string of the molecule is N#Cc1ccc(C2C=C(F)c3cccc(C4CCN(Cc5nc6ccc(C(=O)O)cc6n5CC5CCO5)CC4)c3O2)c(F)c1. The molecule has 3 aliphatic rings. The Morgan fingerprint density at radius 1 is 1.07 bits per heavy atom. The molecule has 4 heterocycles. The Bertz CT molecular complexity index is 1830. The molecule has 0 saturated carbocycles. The molecule has 10 heteroatoms. The standard InChI is InChI=1S/C34H30F2N4O4/c35-27-14-20(17-37)4-6-25(27)31-16-28(36)26-3-1-2-24(33(26)44-31)21-8-11-39(12-9-21)19-32-38-29-7-5-22(34(41)42)15-30(29)40(32)18-23-10-13-43-23/h1-7,14-16,21,23,31H,8-13,18-19H2,(H,41,42). The Morgan fingerprint density at radius 3 is 2.59 bits per heavy atom. The summed E-state index contributed by atoms with van der Waals surface area (Å²) in [6, 6.07) is 16.5. The van der Waals surface area contributed by atoms with Crippen LogP contribution in [0, 0.1) is 17.1 Å². The number of ether oxygens (including phenoxy) is 2. The third kappa shape index (κ3) is 5.23. The van der Waals surface area contributed by atoms with Crippen LogP contribution < -0.4 is 4.74 Å². The number of rotatable bonds is 7. The van der Waals surface area contributed by atoms with Crippen molar-refractivity contribution in [1.29, 1.82) is 5.26 Å².